The number of unbranched alkanes of at least 4 members (excludes halogenated alkanes) is 13. The minimum absolute atomic E-state index is 0.264. The maximum atomic E-state index is 14.0. The standard InChI is InChI=1S/C24H40FNO2/c1-3-4-5-6-7-8-9-10-11-12-13-14-15-16-19-26-22-18-17-21(24(27)28)23(25)20(22)2/h17-18,26H,3-16,19H2,1-2H3,(H,27,28). The van der Waals surface area contributed by atoms with Gasteiger partial charge in [0.25, 0.3) is 0 Å². The zero-order valence-electron chi connectivity index (χ0n) is 18.0. The summed E-state index contributed by atoms with van der Waals surface area (Å²) >= 11 is 0. The highest BCUT2D eigenvalue weighted by Crippen LogP contribution is 2.21. The van der Waals surface area contributed by atoms with Crippen LogP contribution in [0.25, 0.3) is 0 Å². The Morgan fingerprint density at radius 2 is 1.32 bits per heavy atom. The van der Waals surface area contributed by atoms with E-state index in [0.717, 1.165) is 13.0 Å². The number of benzene rings is 1. The lowest BCUT2D eigenvalue weighted by Gasteiger charge is -2.11. The first kappa shape index (κ1) is 24.5. The molecule has 3 nitrogen and oxygen atoms in total. The van der Waals surface area contributed by atoms with Gasteiger partial charge in [-0.15, -0.1) is 0 Å². The first-order valence-corrected chi connectivity index (χ1v) is 11.3. The van der Waals surface area contributed by atoms with Crippen molar-refractivity contribution in [1.82, 2.24) is 0 Å². The van der Waals surface area contributed by atoms with E-state index in [1.54, 1.807) is 13.0 Å². The molecule has 0 saturated heterocycles. The van der Waals surface area contributed by atoms with Crippen LogP contribution in [0.4, 0.5) is 10.1 Å². The Kier molecular flexibility index (Phi) is 13.4. The monoisotopic (exact) mass is 393 g/mol. The molecular formula is C24H40FNO2. The molecule has 1 aromatic carbocycles. The fourth-order valence-corrected chi connectivity index (χ4v) is 3.58. The van der Waals surface area contributed by atoms with E-state index in [1.807, 2.05) is 0 Å². The number of anilines is 1. The van der Waals surface area contributed by atoms with Crippen molar-refractivity contribution in [2.24, 2.45) is 0 Å². The maximum Gasteiger partial charge on any atom is 0.338 e. The van der Waals surface area contributed by atoms with Gasteiger partial charge in [0.05, 0.1) is 5.56 Å². The highest BCUT2D eigenvalue weighted by atomic mass is 19.1. The van der Waals surface area contributed by atoms with Crippen LogP contribution in [0.5, 0.6) is 0 Å². The summed E-state index contributed by atoms with van der Waals surface area (Å²) in [6.07, 6.45) is 18.6. The topological polar surface area (TPSA) is 49.3 Å². The number of nitrogens with one attached hydrogen (secondary N) is 1. The lowest BCUT2D eigenvalue weighted by Crippen LogP contribution is -2.07. The van der Waals surface area contributed by atoms with Crippen LogP contribution in [0.2, 0.25) is 0 Å². The second-order valence-electron chi connectivity index (χ2n) is 7.93. The Morgan fingerprint density at radius 1 is 0.857 bits per heavy atom. The first-order valence-electron chi connectivity index (χ1n) is 11.3. The van der Waals surface area contributed by atoms with Crippen LogP contribution < -0.4 is 5.32 Å². The van der Waals surface area contributed by atoms with Crippen molar-refractivity contribution in [3.05, 3.63) is 29.1 Å². The lowest BCUT2D eigenvalue weighted by atomic mass is 10.0. The van der Waals surface area contributed by atoms with Gasteiger partial charge in [0.2, 0.25) is 0 Å². The third-order valence-corrected chi connectivity index (χ3v) is 5.46. The summed E-state index contributed by atoms with van der Waals surface area (Å²) < 4.78 is 14.0. The number of carboxylic acid groups (broad SMARTS) is 1. The Hall–Kier alpha value is -1.58. The van der Waals surface area contributed by atoms with Crippen molar-refractivity contribution in [3.8, 4) is 0 Å². The highest BCUT2D eigenvalue weighted by molar-refractivity contribution is 5.89. The number of aromatic carboxylic acids is 1. The fraction of sp³-hybridized carbons (Fsp3) is 0.708. The van der Waals surface area contributed by atoms with Crippen LogP contribution in [-0.4, -0.2) is 17.6 Å². The number of carbonyl (C=O) groups is 1. The van der Waals surface area contributed by atoms with Crippen molar-refractivity contribution < 1.29 is 14.3 Å². The summed E-state index contributed by atoms with van der Waals surface area (Å²) in [5.74, 6) is -1.86. The van der Waals surface area contributed by atoms with Crippen LogP contribution in [0.15, 0.2) is 12.1 Å². The molecule has 160 valence electrons. The Labute approximate surface area is 171 Å². The minimum atomic E-state index is -1.22. The summed E-state index contributed by atoms with van der Waals surface area (Å²) in [6, 6.07) is 2.99. The van der Waals surface area contributed by atoms with Crippen molar-refractivity contribution in [1.29, 1.82) is 0 Å². The van der Waals surface area contributed by atoms with Gasteiger partial charge in [-0.3, -0.25) is 0 Å². The van der Waals surface area contributed by atoms with E-state index in [4.69, 9.17) is 5.11 Å². The second kappa shape index (κ2) is 15.4. The summed E-state index contributed by atoms with van der Waals surface area (Å²) in [5.41, 5.74) is 0.807. The number of hydrogen-bond acceptors (Lipinski definition) is 2. The molecule has 28 heavy (non-hydrogen) atoms. The second-order valence-corrected chi connectivity index (χ2v) is 7.93. The van der Waals surface area contributed by atoms with Gasteiger partial charge in [-0.1, -0.05) is 90.4 Å². The number of hydrogen-bond donors (Lipinski definition) is 2. The third kappa shape index (κ3) is 10.1. The molecule has 1 aromatic rings. The molecule has 2 N–H and O–H groups in total. The van der Waals surface area contributed by atoms with Gasteiger partial charge < -0.3 is 10.4 Å². The molecule has 0 bridgehead atoms. The molecule has 0 amide bonds. The number of rotatable bonds is 17. The van der Waals surface area contributed by atoms with E-state index in [1.165, 1.54) is 89.5 Å². The van der Waals surface area contributed by atoms with Crippen LogP contribution in [0.1, 0.15) is 113 Å². The van der Waals surface area contributed by atoms with Crippen LogP contribution >= 0.6 is 0 Å². The molecule has 0 aliphatic rings. The van der Waals surface area contributed by atoms with Gasteiger partial charge in [0.15, 0.2) is 0 Å². The molecule has 0 aliphatic carbocycles. The molecule has 0 saturated carbocycles. The van der Waals surface area contributed by atoms with Crippen molar-refractivity contribution in [2.45, 2.75) is 104 Å². The third-order valence-electron chi connectivity index (χ3n) is 5.46. The van der Waals surface area contributed by atoms with Gasteiger partial charge in [0.1, 0.15) is 5.82 Å². The summed E-state index contributed by atoms with van der Waals surface area (Å²) in [5, 5.41) is 12.2. The summed E-state index contributed by atoms with van der Waals surface area (Å²) in [6.45, 7) is 4.68. The molecule has 0 atom stereocenters. The van der Waals surface area contributed by atoms with Crippen molar-refractivity contribution >= 4 is 11.7 Å². The molecular weight excluding hydrogens is 353 g/mol. The zero-order valence-corrected chi connectivity index (χ0v) is 18.0. The first-order chi connectivity index (χ1) is 13.6. The van der Waals surface area contributed by atoms with Crippen LogP contribution in [0.3, 0.4) is 0 Å². The summed E-state index contributed by atoms with van der Waals surface area (Å²) in [7, 11) is 0. The van der Waals surface area contributed by atoms with E-state index in [0.29, 0.717) is 11.3 Å². The largest absolute Gasteiger partial charge is 0.478 e. The minimum Gasteiger partial charge on any atom is -0.478 e. The molecule has 0 heterocycles. The quantitative estimate of drug-likeness (QED) is 0.266. The molecule has 0 fully saturated rings. The van der Waals surface area contributed by atoms with E-state index >= 15 is 0 Å². The van der Waals surface area contributed by atoms with Crippen molar-refractivity contribution in [3.63, 3.8) is 0 Å². The molecule has 4 heteroatoms. The van der Waals surface area contributed by atoms with Crippen LogP contribution in [-0.2, 0) is 0 Å². The molecule has 0 aliphatic heterocycles. The molecule has 1 rings (SSSR count). The lowest BCUT2D eigenvalue weighted by molar-refractivity contribution is 0.0691. The van der Waals surface area contributed by atoms with Gasteiger partial charge in [0, 0.05) is 17.8 Å². The van der Waals surface area contributed by atoms with E-state index in [2.05, 4.69) is 12.2 Å². The smallest absolute Gasteiger partial charge is 0.338 e. The SMILES string of the molecule is CCCCCCCCCCCCCCCCNc1ccc(C(=O)O)c(F)c1C. The van der Waals surface area contributed by atoms with E-state index < -0.39 is 11.8 Å². The summed E-state index contributed by atoms with van der Waals surface area (Å²) in [4.78, 5) is 10.9. The molecule has 0 unspecified atom stereocenters. The normalized spacial score (nSPS) is 11.0. The molecule has 0 radical (unpaired) electrons. The number of carboxylic acids is 1. The average molecular weight is 394 g/mol. The van der Waals surface area contributed by atoms with Crippen LogP contribution in [0, 0.1) is 12.7 Å². The van der Waals surface area contributed by atoms with Gasteiger partial charge >= 0.3 is 5.97 Å². The Bertz CT molecular complexity index is 560. The van der Waals surface area contributed by atoms with Gasteiger partial charge in [-0.2, -0.15) is 0 Å². The predicted octanol–water partition coefficient (Wildman–Crippen LogP) is 7.73. The van der Waals surface area contributed by atoms with Crippen molar-refractivity contribution in [2.75, 3.05) is 11.9 Å². The average Bonchev–Trinajstić information content (AvgIpc) is 2.67. The highest BCUT2D eigenvalue weighted by Gasteiger charge is 2.14. The van der Waals surface area contributed by atoms with E-state index in [-0.39, 0.29) is 5.56 Å². The Morgan fingerprint density at radius 3 is 1.79 bits per heavy atom. The maximum absolute atomic E-state index is 14.0. The van der Waals surface area contributed by atoms with Gasteiger partial charge in [-0.25, -0.2) is 9.18 Å². The number of halogens is 1. The Balaban J connectivity index is 1.97. The van der Waals surface area contributed by atoms with Gasteiger partial charge in [-0.05, 0) is 25.5 Å². The van der Waals surface area contributed by atoms with E-state index in [9.17, 15) is 9.18 Å². The fourth-order valence-electron chi connectivity index (χ4n) is 3.58. The zero-order chi connectivity index (χ0) is 20.6. The molecule has 0 spiro atoms. The predicted molar refractivity (Wildman–Crippen MR) is 117 cm³/mol. The molecule has 0 aromatic heterocycles.